The molecular weight excluding hydrogens is 879 g/mol. The Hall–Kier alpha value is -8.17. The van der Waals surface area contributed by atoms with E-state index in [-0.39, 0.29) is 62.1 Å². The maximum atomic E-state index is 13.5. The highest BCUT2D eigenvalue weighted by Gasteiger charge is 2.26. The van der Waals surface area contributed by atoms with E-state index in [4.69, 9.17) is 35.4 Å². The number of benzene rings is 2. The highest BCUT2D eigenvalue weighted by molar-refractivity contribution is 5.99. The number of rotatable bonds is 23. The van der Waals surface area contributed by atoms with Gasteiger partial charge in [0.15, 0.2) is 0 Å². The number of aromatic nitrogens is 6. The SMILES string of the molecule is C=Nc1cc(C(N)=O)cc(OC)c1N(C/C=C/Cn1c(NC)nc2cc(C(N)=O)cc(OC/C=C/Cn3cc(N(CCC(=O)OC)C(=O)OC(C)(C)C)cn3)c21)CNC(=O)c1cc(C)nn1CC. The van der Waals surface area contributed by atoms with Crippen molar-refractivity contribution in [3.63, 3.8) is 0 Å². The summed E-state index contributed by atoms with van der Waals surface area (Å²) in [6, 6.07) is 7.85. The molecule has 0 atom stereocenters. The fourth-order valence-electron chi connectivity index (χ4n) is 6.95. The highest BCUT2D eigenvalue weighted by Crippen LogP contribution is 2.39. The lowest BCUT2D eigenvalue weighted by atomic mass is 10.1. The molecule has 68 heavy (non-hydrogen) atoms. The zero-order chi connectivity index (χ0) is 49.7. The molecule has 0 aliphatic rings. The zero-order valence-electron chi connectivity index (χ0n) is 39.6. The van der Waals surface area contributed by atoms with E-state index in [1.54, 1.807) is 72.6 Å². The van der Waals surface area contributed by atoms with Crippen molar-refractivity contribution in [2.45, 2.75) is 66.3 Å². The molecule has 0 bridgehead atoms. The van der Waals surface area contributed by atoms with Gasteiger partial charge in [-0.1, -0.05) is 18.2 Å². The monoisotopic (exact) mass is 937 g/mol. The number of primary amides is 2. The van der Waals surface area contributed by atoms with Gasteiger partial charge in [-0.05, 0) is 77.7 Å². The van der Waals surface area contributed by atoms with Crippen LogP contribution in [0.4, 0.5) is 27.8 Å². The number of carbonyl (C=O) groups excluding carboxylic acids is 5. The number of hydrogen-bond donors (Lipinski definition) is 4. The quantitative estimate of drug-likeness (QED) is 0.0299. The lowest BCUT2D eigenvalue weighted by Gasteiger charge is -2.27. The van der Waals surface area contributed by atoms with E-state index in [9.17, 15) is 24.0 Å². The summed E-state index contributed by atoms with van der Waals surface area (Å²) >= 11 is 0. The number of allylic oxidation sites excluding steroid dienone is 2. The predicted molar refractivity (Wildman–Crippen MR) is 257 cm³/mol. The van der Waals surface area contributed by atoms with Crippen molar-refractivity contribution < 1.29 is 42.9 Å². The van der Waals surface area contributed by atoms with Crippen LogP contribution in [0.15, 0.2) is 72.0 Å². The van der Waals surface area contributed by atoms with E-state index >= 15 is 0 Å². The first kappa shape index (κ1) is 50.8. The molecule has 0 aliphatic carbocycles. The molecule has 3 heterocycles. The van der Waals surface area contributed by atoms with Gasteiger partial charge in [-0.2, -0.15) is 10.2 Å². The molecule has 2 aromatic carbocycles. The van der Waals surface area contributed by atoms with E-state index in [1.807, 2.05) is 36.6 Å². The van der Waals surface area contributed by atoms with Crippen molar-refractivity contribution in [1.29, 1.82) is 0 Å². The summed E-state index contributed by atoms with van der Waals surface area (Å²) in [4.78, 5) is 75.0. The lowest BCUT2D eigenvalue weighted by Crippen LogP contribution is -2.39. The average molecular weight is 938 g/mol. The molecule has 0 saturated carbocycles. The van der Waals surface area contributed by atoms with Gasteiger partial charge in [0, 0.05) is 50.6 Å². The number of aliphatic imine (C=N–C) groups is 1. The minimum absolute atomic E-state index is 0.00772. The second-order valence-corrected chi connectivity index (χ2v) is 16.1. The second-order valence-electron chi connectivity index (χ2n) is 16.1. The second kappa shape index (κ2) is 22.8. The van der Waals surface area contributed by atoms with Crippen LogP contribution < -0.4 is 41.4 Å². The van der Waals surface area contributed by atoms with Crippen molar-refractivity contribution >= 4 is 70.5 Å². The Morgan fingerprint density at radius 3 is 2.31 bits per heavy atom. The Bertz CT molecular complexity index is 2710. The first-order valence-corrected chi connectivity index (χ1v) is 21.5. The molecule has 0 spiro atoms. The van der Waals surface area contributed by atoms with Gasteiger partial charge in [0.1, 0.15) is 40.6 Å². The third kappa shape index (κ3) is 12.8. The number of esters is 1. The summed E-state index contributed by atoms with van der Waals surface area (Å²) in [7, 11) is 4.44. The third-order valence-corrected chi connectivity index (χ3v) is 10.1. The van der Waals surface area contributed by atoms with Crippen LogP contribution in [0.1, 0.15) is 71.0 Å². The summed E-state index contributed by atoms with van der Waals surface area (Å²) in [6.07, 6.45) is 9.84. The maximum Gasteiger partial charge on any atom is 0.414 e. The van der Waals surface area contributed by atoms with E-state index in [0.29, 0.717) is 64.3 Å². The van der Waals surface area contributed by atoms with Gasteiger partial charge in [0.05, 0.1) is 62.6 Å². The number of nitrogens with zero attached hydrogens (tertiary/aromatic N) is 9. The number of ether oxygens (including phenoxy) is 4. The normalized spacial score (nSPS) is 11.5. The maximum absolute atomic E-state index is 13.5. The first-order valence-electron chi connectivity index (χ1n) is 21.5. The van der Waals surface area contributed by atoms with E-state index in [1.165, 1.54) is 37.4 Å². The number of fused-ring (bicyclic) bond motifs is 1. The number of anilines is 3. The number of nitrogens with one attached hydrogen (secondary N) is 2. The smallest absolute Gasteiger partial charge is 0.414 e. The third-order valence-electron chi connectivity index (χ3n) is 10.1. The number of methoxy groups -OCH3 is 2. The molecule has 5 rings (SSSR count). The molecule has 6 N–H and O–H groups in total. The summed E-state index contributed by atoms with van der Waals surface area (Å²) in [6.45, 7) is 14.1. The summed E-state index contributed by atoms with van der Waals surface area (Å²) in [5.41, 5.74) is 14.3. The number of aryl methyl sites for hydroxylation is 2. The summed E-state index contributed by atoms with van der Waals surface area (Å²) < 4.78 is 27.4. The molecule has 0 fully saturated rings. The molecule has 3 aromatic heterocycles. The van der Waals surface area contributed by atoms with Gasteiger partial charge in [0.25, 0.3) is 5.91 Å². The molecule has 5 aromatic rings. The van der Waals surface area contributed by atoms with Crippen LogP contribution >= 0.6 is 0 Å². The molecule has 362 valence electrons. The molecule has 22 heteroatoms. The van der Waals surface area contributed by atoms with Crippen LogP contribution in [0.3, 0.4) is 0 Å². The Kier molecular flexibility index (Phi) is 17.1. The van der Waals surface area contributed by atoms with Gasteiger partial charge in [-0.25, -0.2) is 9.78 Å². The van der Waals surface area contributed by atoms with E-state index < -0.39 is 29.5 Å². The van der Waals surface area contributed by atoms with E-state index in [2.05, 4.69) is 32.5 Å². The fourth-order valence-corrected chi connectivity index (χ4v) is 6.95. The molecule has 4 amide bonds. The Labute approximate surface area is 393 Å². The van der Waals surface area contributed by atoms with E-state index in [0.717, 1.165) is 0 Å². The number of hydrogen-bond acceptors (Lipinski definition) is 15. The zero-order valence-corrected chi connectivity index (χ0v) is 39.6. The van der Waals surface area contributed by atoms with Crippen molar-refractivity contribution in [3.05, 3.63) is 89.5 Å². The fraction of sp³-hybridized carbons (Fsp3) is 0.370. The van der Waals surface area contributed by atoms with Gasteiger partial charge in [-0.3, -0.25) is 38.4 Å². The van der Waals surface area contributed by atoms with Crippen LogP contribution in [-0.2, 0) is 33.9 Å². The number of nitrogens with two attached hydrogens (primary N) is 2. The largest absolute Gasteiger partial charge is 0.494 e. The number of amides is 4. The van der Waals surface area contributed by atoms with Crippen LogP contribution in [0.25, 0.3) is 11.0 Å². The highest BCUT2D eigenvalue weighted by atomic mass is 16.6. The van der Waals surface area contributed by atoms with Crippen molar-refractivity contribution in [2.24, 2.45) is 16.5 Å². The van der Waals surface area contributed by atoms with Crippen molar-refractivity contribution in [2.75, 3.05) is 62.7 Å². The lowest BCUT2D eigenvalue weighted by molar-refractivity contribution is -0.140. The minimum Gasteiger partial charge on any atom is -0.494 e. The van der Waals surface area contributed by atoms with Crippen LogP contribution in [0.5, 0.6) is 11.5 Å². The number of imidazole rings is 1. The molecule has 0 radical (unpaired) electrons. The first-order chi connectivity index (χ1) is 32.4. The molecule has 0 aliphatic heterocycles. The van der Waals surface area contributed by atoms with Gasteiger partial charge in [0.2, 0.25) is 17.8 Å². The van der Waals surface area contributed by atoms with Crippen LogP contribution in [0.2, 0.25) is 0 Å². The topological polar surface area (TPSA) is 271 Å². The summed E-state index contributed by atoms with van der Waals surface area (Å²) in [5, 5.41) is 14.8. The Morgan fingerprint density at radius 2 is 1.66 bits per heavy atom. The summed E-state index contributed by atoms with van der Waals surface area (Å²) in [5.74, 6) is -1.07. The number of carbonyl (C=O) groups is 5. The van der Waals surface area contributed by atoms with Gasteiger partial charge < -0.3 is 50.5 Å². The molecular formula is C46H59N13O9. The van der Waals surface area contributed by atoms with Gasteiger partial charge >= 0.3 is 12.1 Å². The van der Waals surface area contributed by atoms with Crippen molar-refractivity contribution in [3.8, 4) is 11.5 Å². The standard InChI is InChI=1S/C46H59N13O9/c1-10-59-35(21-29(2)54-59)43(63)51-28-55(39-33(49-6)22-30(41(47)61)24-36(39)65-8)16-11-12-18-58-40-34(53-44(58)50-7)23-31(42(48)62)25-37(40)67-20-14-13-17-56-27-32(26-52-56)57(19-15-38(60)66-9)45(64)68-46(3,4)5/h11-14,21-27H,6,10,15-20,28H2,1-5,7-9H3,(H2,47,61)(H2,48,62)(H,50,53)(H,51,63)/b12-11+,14-13+. The van der Waals surface area contributed by atoms with Crippen LogP contribution in [-0.4, -0.2) is 119 Å². The average Bonchev–Trinajstić information content (AvgIpc) is 4.03. The minimum atomic E-state index is -0.762. The molecule has 0 saturated heterocycles. The molecule has 0 unspecified atom stereocenters. The Balaban J connectivity index is 1.37. The Morgan fingerprint density at radius 1 is 0.956 bits per heavy atom. The molecule has 22 nitrogen and oxygen atoms in total. The van der Waals surface area contributed by atoms with Gasteiger partial charge in [-0.15, -0.1) is 0 Å². The van der Waals surface area contributed by atoms with Crippen molar-refractivity contribution in [1.82, 2.24) is 34.4 Å². The predicted octanol–water partition coefficient (Wildman–Crippen LogP) is 4.73. The van der Waals surface area contributed by atoms with Crippen LogP contribution in [0, 0.1) is 6.92 Å².